The lowest BCUT2D eigenvalue weighted by Crippen LogP contribution is -1.98. The van der Waals surface area contributed by atoms with Gasteiger partial charge >= 0.3 is 0 Å². The highest BCUT2D eigenvalue weighted by molar-refractivity contribution is 6.38. The molecule has 0 radical (unpaired) electrons. The van der Waals surface area contributed by atoms with Gasteiger partial charge in [0.05, 0.1) is 33.1 Å². The predicted octanol–water partition coefficient (Wildman–Crippen LogP) is 11.6. The van der Waals surface area contributed by atoms with Gasteiger partial charge in [-0.25, -0.2) is 4.98 Å². The summed E-state index contributed by atoms with van der Waals surface area (Å²) in [4.78, 5) is 4.82. The van der Waals surface area contributed by atoms with Gasteiger partial charge in [0.1, 0.15) is 5.65 Å². The van der Waals surface area contributed by atoms with E-state index in [1.165, 1.54) is 76.1 Å². The van der Waals surface area contributed by atoms with Crippen LogP contribution in [0.4, 0.5) is 0 Å². The molecule has 0 fully saturated rings. The predicted molar refractivity (Wildman–Crippen MR) is 205 cm³/mol. The van der Waals surface area contributed by atoms with E-state index in [4.69, 9.17) is 4.98 Å². The molecule has 4 heteroatoms. The maximum atomic E-state index is 4.82. The topological polar surface area (TPSA) is 27.2 Å². The lowest BCUT2D eigenvalue weighted by molar-refractivity contribution is 1.12. The van der Waals surface area contributed by atoms with E-state index in [2.05, 4.69) is 159 Å². The van der Waals surface area contributed by atoms with Crippen LogP contribution >= 0.6 is 0 Å². The van der Waals surface area contributed by atoms with E-state index in [9.17, 15) is 0 Å². The number of hydrogen-bond acceptors (Lipinski definition) is 1. The van der Waals surface area contributed by atoms with Crippen LogP contribution < -0.4 is 0 Å². The van der Waals surface area contributed by atoms with Crippen molar-refractivity contribution in [2.45, 2.75) is 0 Å². The van der Waals surface area contributed by atoms with Crippen LogP contribution in [0.3, 0.4) is 0 Å². The van der Waals surface area contributed by atoms with Crippen LogP contribution in [0.25, 0.3) is 104 Å². The summed E-state index contributed by atoms with van der Waals surface area (Å²) < 4.78 is 7.25. The molecule has 0 spiro atoms. The third kappa shape index (κ3) is 3.12. The zero-order valence-electron chi connectivity index (χ0n) is 26.3. The van der Waals surface area contributed by atoms with Crippen molar-refractivity contribution >= 4 is 92.6 Å². The van der Waals surface area contributed by atoms with Crippen molar-refractivity contribution < 1.29 is 0 Å². The van der Waals surface area contributed by atoms with Gasteiger partial charge in [0.2, 0.25) is 0 Å². The van der Waals surface area contributed by atoms with E-state index >= 15 is 0 Å². The summed E-state index contributed by atoms with van der Waals surface area (Å²) in [5, 5.41) is 12.7. The Morgan fingerprint density at radius 1 is 0.367 bits per heavy atom. The summed E-state index contributed by atoms with van der Waals surface area (Å²) in [5.41, 5.74) is 10.6. The minimum atomic E-state index is 0.972. The first-order valence-corrected chi connectivity index (χ1v) is 16.8. The molecule has 0 aliphatic rings. The fraction of sp³-hybridized carbons (Fsp3) is 0. The Hall–Kier alpha value is -6.65. The summed E-state index contributed by atoms with van der Waals surface area (Å²) in [6.07, 6.45) is 1.88. The summed E-state index contributed by atoms with van der Waals surface area (Å²) in [6.45, 7) is 0. The fourth-order valence-corrected chi connectivity index (χ4v) is 8.86. The van der Waals surface area contributed by atoms with Gasteiger partial charge in [-0.1, -0.05) is 84.9 Å². The molecule has 0 aliphatic heterocycles. The van der Waals surface area contributed by atoms with Crippen LogP contribution in [-0.4, -0.2) is 18.5 Å². The van der Waals surface area contributed by atoms with E-state index in [0.29, 0.717) is 0 Å². The first-order chi connectivity index (χ1) is 24.3. The zero-order chi connectivity index (χ0) is 31.8. The van der Waals surface area contributed by atoms with Gasteiger partial charge in [0.15, 0.2) is 0 Å². The summed E-state index contributed by atoms with van der Waals surface area (Å²) >= 11 is 0. The average Bonchev–Trinajstić information content (AvgIpc) is 3.89. The quantitative estimate of drug-likeness (QED) is 0.188. The average molecular weight is 623 g/mol. The summed E-state index contributed by atoms with van der Waals surface area (Å²) in [5.74, 6) is 0. The van der Waals surface area contributed by atoms with Crippen molar-refractivity contribution in [1.82, 2.24) is 18.5 Å². The van der Waals surface area contributed by atoms with Gasteiger partial charge in [0, 0.05) is 60.7 Å². The Bertz CT molecular complexity index is 3270. The molecule has 49 heavy (non-hydrogen) atoms. The van der Waals surface area contributed by atoms with Gasteiger partial charge < -0.3 is 8.97 Å². The van der Waals surface area contributed by atoms with Crippen molar-refractivity contribution in [2.24, 2.45) is 0 Å². The van der Waals surface area contributed by atoms with Crippen molar-refractivity contribution in [3.63, 3.8) is 0 Å². The number of para-hydroxylation sites is 3. The maximum absolute atomic E-state index is 4.82. The number of rotatable bonds is 2. The monoisotopic (exact) mass is 622 g/mol. The van der Waals surface area contributed by atoms with Gasteiger partial charge in [-0.2, -0.15) is 0 Å². The van der Waals surface area contributed by atoms with E-state index in [1.54, 1.807) is 0 Å². The molecule has 0 saturated carbocycles. The third-order valence-corrected chi connectivity index (χ3v) is 10.8. The van der Waals surface area contributed by atoms with Crippen molar-refractivity contribution in [2.75, 3.05) is 0 Å². The number of benzene rings is 7. The highest BCUT2D eigenvalue weighted by atomic mass is 15.0. The Morgan fingerprint density at radius 3 is 1.78 bits per heavy atom. The fourth-order valence-electron chi connectivity index (χ4n) is 8.86. The maximum Gasteiger partial charge on any atom is 0.145 e. The normalized spacial score (nSPS) is 12.5. The zero-order valence-corrected chi connectivity index (χ0v) is 26.3. The van der Waals surface area contributed by atoms with E-state index in [-0.39, 0.29) is 0 Å². The Kier molecular flexibility index (Phi) is 4.69. The highest BCUT2D eigenvalue weighted by Gasteiger charge is 2.25. The number of pyridine rings is 1. The third-order valence-electron chi connectivity index (χ3n) is 10.8. The lowest BCUT2D eigenvalue weighted by atomic mass is 9.99. The molecule has 12 aromatic rings. The van der Waals surface area contributed by atoms with Crippen LogP contribution in [0.5, 0.6) is 0 Å². The molecule has 12 rings (SSSR count). The molecule has 0 atom stereocenters. The van der Waals surface area contributed by atoms with Crippen molar-refractivity contribution in [3.05, 3.63) is 158 Å². The highest BCUT2D eigenvalue weighted by Crippen LogP contribution is 2.48. The summed E-state index contributed by atoms with van der Waals surface area (Å²) in [7, 11) is 0. The minimum Gasteiger partial charge on any atom is -0.309 e. The molecule has 226 valence electrons. The van der Waals surface area contributed by atoms with Gasteiger partial charge in [-0.3, -0.25) is 4.57 Å². The number of hydrogen-bond donors (Lipinski definition) is 0. The molecule has 0 N–H and O–H groups in total. The van der Waals surface area contributed by atoms with Gasteiger partial charge in [-0.05, 0) is 77.5 Å². The number of aromatic nitrogens is 4. The molecule has 0 amide bonds. The van der Waals surface area contributed by atoms with E-state index in [1.807, 2.05) is 12.3 Å². The van der Waals surface area contributed by atoms with E-state index in [0.717, 1.165) is 27.9 Å². The van der Waals surface area contributed by atoms with E-state index < -0.39 is 0 Å². The molecule has 0 bridgehead atoms. The largest absolute Gasteiger partial charge is 0.309 e. The summed E-state index contributed by atoms with van der Waals surface area (Å²) in [6, 6.07) is 55.4. The van der Waals surface area contributed by atoms with Crippen LogP contribution in [-0.2, 0) is 0 Å². The smallest absolute Gasteiger partial charge is 0.145 e. The second-order valence-electron chi connectivity index (χ2n) is 13.2. The molecule has 7 aromatic carbocycles. The molecule has 0 saturated heterocycles. The van der Waals surface area contributed by atoms with Crippen LogP contribution in [0.15, 0.2) is 158 Å². The van der Waals surface area contributed by atoms with Crippen LogP contribution in [0, 0.1) is 0 Å². The molecule has 0 aliphatic carbocycles. The molecule has 0 unspecified atom stereocenters. The molecular weight excluding hydrogens is 597 g/mol. The second-order valence-corrected chi connectivity index (χ2v) is 13.2. The standard InChI is InChI=1S/C45H26N4/c1-2-11-30-27(10-1)19-24-39-41(30)43-40(26-35-32-13-4-7-17-37(32)49-38-18-8-5-14-34(38)42(43)44(35)49)47(39)28-20-22-29(23-21-28)48-36-16-6-3-12-31(36)33-15-9-25-46-45(33)48/h1-26H. The Morgan fingerprint density at radius 2 is 0.980 bits per heavy atom. The van der Waals surface area contributed by atoms with Gasteiger partial charge in [0.25, 0.3) is 0 Å². The number of nitrogens with zero attached hydrogens (tertiary/aromatic N) is 4. The van der Waals surface area contributed by atoms with Crippen LogP contribution in [0.2, 0.25) is 0 Å². The molecule has 5 aromatic heterocycles. The lowest BCUT2D eigenvalue weighted by Gasteiger charge is -2.11. The molecular formula is C45H26N4. The first-order valence-electron chi connectivity index (χ1n) is 16.8. The Balaban J connectivity index is 1.23. The number of fused-ring (bicyclic) bond motifs is 15. The first kappa shape index (κ1) is 25.4. The SMILES string of the molecule is c1ccc2c(c1)ccc1c2c2c3c4ccccc4n4c5ccccc5c(cc2n1-c1ccc(-n2c5ccccc5c5cccnc52)cc1)c34. The second kappa shape index (κ2) is 9.03. The van der Waals surface area contributed by atoms with Crippen LogP contribution in [0.1, 0.15) is 0 Å². The van der Waals surface area contributed by atoms with Crippen molar-refractivity contribution in [3.8, 4) is 11.4 Å². The van der Waals surface area contributed by atoms with Crippen molar-refractivity contribution in [1.29, 1.82) is 0 Å². The molecule has 5 heterocycles. The minimum absolute atomic E-state index is 0.972. The molecule has 4 nitrogen and oxygen atoms in total. The van der Waals surface area contributed by atoms with Gasteiger partial charge in [-0.15, -0.1) is 0 Å². The Labute approximate surface area is 279 Å².